The topological polar surface area (TPSA) is 58.2 Å². The minimum Gasteiger partial charge on any atom is -0.355 e. The van der Waals surface area contributed by atoms with Crippen molar-refractivity contribution in [3.05, 3.63) is 0 Å². The van der Waals surface area contributed by atoms with Gasteiger partial charge in [-0.1, -0.05) is 6.92 Å². The molecule has 2 amide bonds. The lowest BCUT2D eigenvalue weighted by Crippen LogP contribution is -2.47. The van der Waals surface area contributed by atoms with Crippen LogP contribution < -0.4 is 10.6 Å². The summed E-state index contributed by atoms with van der Waals surface area (Å²) in [5.41, 5.74) is 0. The Bertz CT molecular complexity index is 185. The van der Waals surface area contributed by atoms with E-state index in [2.05, 4.69) is 23.3 Å². The van der Waals surface area contributed by atoms with Gasteiger partial charge in [-0.15, -0.1) is 0 Å². The highest BCUT2D eigenvalue weighted by Crippen LogP contribution is 1.89. The molecular weight excluding hydrogens is 188 g/mol. The van der Waals surface area contributed by atoms with Crippen LogP contribution in [0.15, 0.2) is 0 Å². The van der Waals surface area contributed by atoms with E-state index in [0.717, 1.165) is 0 Å². The van der Waals surface area contributed by atoms with Crippen LogP contribution in [0.5, 0.6) is 0 Å². The summed E-state index contributed by atoms with van der Waals surface area (Å²) >= 11 is 3.99. The summed E-state index contributed by atoms with van der Waals surface area (Å²) in [5, 5.41) is 5.20. The molecule has 0 aliphatic heterocycles. The van der Waals surface area contributed by atoms with E-state index >= 15 is 0 Å². The number of carbonyl (C=O) groups is 2. The summed E-state index contributed by atoms with van der Waals surface area (Å²) in [5.74, 6) is 0.00185. The number of thiol groups is 1. The molecule has 0 heterocycles. The van der Waals surface area contributed by atoms with E-state index in [9.17, 15) is 9.59 Å². The van der Waals surface area contributed by atoms with Gasteiger partial charge in [-0.3, -0.25) is 9.59 Å². The number of rotatable bonds is 5. The first kappa shape index (κ1) is 12.3. The predicted octanol–water partition coefficient (Wildman–Crippen LogP) is -0.0529. The maximum absolute atomic E-state index is 11.3. The number of amides is 2. The fourth-order valence-corrected chi connectivity index (χ4v) is 1.05. The number of nitrogens with one attached hydrogen (secondary N) is 2. The lowest BCUT2D eigenvalue weighted by atomic mass is 10.3. The van der Waals surface area contributed by atoms with Crippen LogP contribution in [0.4, 0.5) is 0 Å². The summed E-state index contributed by atoms with van der Waals surface area (Å²) in [4.78, 5) is 22.2. The van der Waals surface area contributed by atoms with Crippen molar-refractivity contribution in [1.29, 1.82) is 0 Å². The van der Waals surface area contributed by atoms with Crippen molar-refractivity contribution in [2.24, 2.45) is 0 Å². The zero-order chi connectivity index (χ0) is 10.3. The second kappa shape index (κ2) is 6.77. The Balaban J connectivity index is 4.01. The van der Waals surface area contributed by atoms with Crippen molar-refractivity contribution in [3.63, 3.8) is 0 Å². The smallest absolute Gasteiger partial charge is 0.243 e. The van der Waals surface area contributed by atoms with Crippen LogP contribution in [0.1, 0.15) is 20.3 Å². The molecule has 13 heavy (non-hydrogen) atoms. The van der Waals surface area contributed by atoms with Crippen molar-refractivity contribution in [1.82, 2.24) is 10.6 Å². The molecule has 2 N–H and O–H groups in total. The Kier molecular flexibility index (Phi) is 6.40. The molecule has 0 rings (SSSR count). The van der Waals surface area contributed by atoms with Crippen molar-refractivity contribution >= 4 is 24.4 Å². The van der Waals surface area contributed by atoms with Crippen molar-refractivity contribution in [3.8, 4) is 0 Å². The molecule has 0 saturated heterocycles. The second-order valence-electron chi connectivity index (χ2n) is 2.55. The van der Waals surface area contributed by atoms with Crippen molar-refractivity contribution in [2.75, 3.05) is 12.3 Å². The normalized spacial score (nSPS) is 11.9. The van der Waals surface area contributed by atoms with Gasteiger partial charge in [0.25, 0.3) is 0 Å². The lowest BCUT2D eigenvalue weighted by Gasteiger charge is -2.14. The van der Waals surface area contributed by atoms with E-state index in [1.807, 2.05) is 6.92 Å². The lowest BCUT2D eigenvalue weighted by molar-refractivity contribution is -0.128. The molecule has 76 valence electrons. The molecule has 0 saturated carbocycles. The average molecular weight is 204 g/mol. The third-order valence-corrected chi connectivity index (χ3v) is 1.87. The van der Waals surface area contributed by atoms with Gasteiger partial charge in [0.15, 0.2) is 0 Å². The number of likely N-dealkylation sites (N-methyl/N-ethyl adjacent to an activating group) is 1. The predicted molar refractivity (Wildman–Crippen MR) is 54.8 cm³/mol. The fourth-order valence-electron chi connectivity index (χ4n) is 0.788. The Morgan fingerprint density at radius 2 is 2.00 bits per heavy atom. The molecule has 4 nitrogen and oxygen atoms in total. The van der Waals surface area contributed by atoms with Gasteiger partial charge >= 0.3 is 0 Å². The summed E-state index contributed by atoms with van der Waals surface area (Å²) in [7, 11) is 0. The third-order valence-electron chi connectivity index (χ3n) is 1.51. The zero-order valence-corrected chi connectivity index (χ0v) is 8.86. The molecule has 0 aromatic carbocycles. The van der Waals surface area contributed by atoms with Crippen LogP contribution in [0, 0.1) is 0 Å². The zero-order valence-electron chi connectivity index (χ0n) is 7.96. The molecule has 0 aromatic rings. The van der Waals surface area contributed by atoms with Crippen LogP contribution in [0.2, 0.25) is 0 Å². The molecule has 0 fully saturated rings. The highest BCUT2D eigenvalue weighted by atomic mass is 32.1. The maximum atomic E-state index is 11.3. The largest absolute Gasteiger partial charge is 0.355 e. The van der Waals surface area contributed by atoms with Gasteiger partial charge in [-0.25, -0.2) is 0 Å². The first-order valence-electron chi connectivity index (χ1n) is 4.33. The van der Waals surface area contributed by atoms with E-state index < -0.39 is 6.04 Å². The van der Waals surface area contributed by atoms with Gasteiger partial charge in [0.1, 0.15) is 6.04 Å². The van der Waals surface area contributed by atoms with E-state index in [0.29, 0.717) is 18.7 Å². The first-order valence-corrected chi connectivity index (χ1v) is 4.96. The van der Waals surface area contributed by atoms with Gasteiger partial charge in [-0.2, -0.15) is 12.6 Å². The SMILES string of the molecule is CCNC(=O)C(CS)NC(=O)CC. The van der Waals surface area contributed by atoms with Gasteiger partial charge in [0, 0.05) is 18.7 Å². The fraction of sp³-hybridized carbons (Fsp3) is 0.750. The summed E-state index contributed by atoms with van der Waals surface area (Å²) < 4.78 is 0. The molecule has 0 bridgehead atoms. The Morgan fingerprint density at radius 3 is 2.38 bits per heavy atom. The maximum Gasteiger partial charge on any atom is 0.243 e. The minimum atomic E-state index is -0.518. The monoisotopic (exact) mass is 204 g/mol. The van der Waals surface area contributed by atoms with E-state index in [4.69, 9.17) is 0 Å². The van der Waals surface area contributed by atoms with Gasteiger partial charge < -0.3 is 10.6 Å². The number of carbonyl (C=O) groups excluding carboxylic acids is 2. The second-order valence-corrected chi connectivity index (χ2v) is 2.92. The molecule has 0 radical (unpaired) electrons. The molecule has 0 aliphatic carbocycles. The Hall–Kier alpha value is -0.710. The van der Waals surface area contributed by atoms with E-state index in [1.54, 1.807) is 6.92 Å². The van der Waals surface area contributed by atoms with Crippen LogP contribution >= 0.6 is 12.6 Å². The van der Waals surface area contributed by atoms with Crippen molar-refractivity contribution < 1.29 is 9.59 Å². The molecule has 0 aromatic heterocycles. The Morgan fingerprint density at radius 1 is 1.38 bits per heavy atom. The molecular formula is C8H16N2O2S. The van der Waals surface area contributed by atoms with Crippen LogP contribution in [0.25, 0.3) is 0 Å². The Labute approximate surface area is 83.9 Å². The van der Waals surface area contributed by atoms with Crippen LogP contribution in [0.3, 0.4) is 0 Å². The summed E-state index contributed by atoms with van der Waals surface area (Å²) in [6, 6.07) is -0.518. The standard InChI is InChI=1S/C8H16N2O2S/c1-3-7(11)10-6(5-13)8(12)9-4-2/h6,13H,3-5H2,1-2H3,(H,9,12)(H,10,11). The van der Waals surface area contributed by atoms with Crippen LogP contribution in [-0.4, -0.2) is 30.2 Å². The van der Waals surface area contributed by atoms with E-state index in [-0.39, 0.29) is 11.8 Å². The highest BCUT2D eigenvalue weighted by Gasteiger charge is 2.16. The first-order chi connectivity index (χ1) is 6.15. The molecule has 5 heteroatoms. The van der Waals surface area contributed by atoms with Gasteiger partial charge in [0.2, 0.25) is 11.8 Å². The van der Waals surface area contributed by atoms with Crippen molar-refractivity contribution in [2.45, 2.75) is 26.3 Å². The summed E-state index contributed by atoms with van der Waals surface area (Å²) in [6.45, 7) is 4.13. The molecule has 1 unspecified atom stereocenters. The molecule has 1 atom stereocenters. The quantitative estimate of drug-likeness (QED) is 0.550. The summed E-state index contributed by atoms with van der Waals surface area (Å²) in [6.07, 6.45) is 0.379. The number of hydrogen-bond acceptors (Lipinski definition) is 3. The average Bonchev–Trinajstić information content (AvgIpc) is 2.14. The van der Waals surface area contributed by atoms with Gasteiger partial charge in [-0.05, 0) is 6.92 Å². The van der Waals surface area contributed by atoms with E-state index in [1.165, 1.54) is 0 Å². The third kappa shape index (κ3) is 4.77. The van der Waals surface area contributed by atoms with Crippen LogP contribution in [-0.2, 0) is 9.59 Å². The molecule has 0 spiro atoms. The minimum absolute atomic E-state index is 0.134. The van der Waals surface area contributed by atoms with Gasteiger partial charge in [0.05, 0.1) is 0 Å². The number of hydrogen-bond donors (Lipinski definition) is 3. The molecule has 0 aliphatic rings. The highest BCUT2D eigenvalue weighted by molar-refractivity contribution is 7.80.